The van der Waals surface area contributed by atoms with Crippen molar-refractivity contribution in [1.82, 2.24) is 0 Å². The summed E-state index contributed by atoms with van der Waals surface area (Å²) in [6, 6.07) is 0. The highest BCUT2D eigenvalue weighted by Gasteiger charge is 2.36. The Morgan fingerprint density at radius 1 is 0.759 bits per heavy atom. The van der Waals surface area contributed by atoms with Gasteiger partial charge in [-0.2, -0.15) is 0 Å². The average molecular weight is 409 g/mol. The van der Waals surface area contributed by atoms with Crippen LogP contribution in [0.1, 0.15) is 104 Å². The number of ether oxygens (including phenoxy) is 2. The van der Waals surface area contributed by atoms with Crippen LogP contribution >= 0.6 is 0 Å². The standard InChI is InChI=1S/C25H44O4/c1-4-19-28-24(26)22-17-13-14-18-23(22)25(27)29-20-15-11-9-7-5-6-8-10-12-16-21(2)3/h13-14,21-23H,4-12,15-20H2,1-3H3. The van der Waals surface area contributed by atoms with Gasteiger partial charge in [-0.3, -0.25) is 9.59 Å². The molecule has 0 saturated heterocycles. The van der Waals surface area contributed by atoms with Crippen molar-refractivity contribution in [3.8, 4) is 0 Å². The Bertz CT molecular complexity index is 469. The summed E-state index contributed by atoms with van der Waals surface area (Å²) in [6.45, 7) is 7.43. The number of rotatable bonds is 16. The van der Waals surface area contributed by atoms with Crippen molar-refractivity contribution in [2.45, 2.75) is 104 Å². The monoisotopic (exact) mass is 408 g/mol. The van der Waals surface area contributed by atoms with Crippen molar-refractivity contribution in [2.75, 3.05) is 13.2 Å². The van der Waals surface area contributed by atoms with Gasteiger partial charge in [0.2, 0.25) is 0 Å². The average Bonchev–Trinajstić information content (AvgIpc) is 2.72. The van der Waals surface area contributed by atoms with Gasteiger partial charge in [-0.1, -0.05) is 90.7 Å². The summed E-state index contributed by atoms with van der Waals surface area (Å²) in [5.74, 6) is -0.448. The number of unbranched alkanes of at least 4 members (excludes halogenated alkanes) is 8. The minimum atomic E-state index is -0.389. The maximum absolute atomic E-state index is 12.4. The summed E-state index contributed by atoms with van der Waals surface area (Å²) in [5.41, 5.74) is 0. The number of carbonyl (C=O) groups is 2. The third kappa shape index (κ3) is 12.1. The molecule has 1 aliphatic carbocycles. The number of carbonyl (C=O) groups excluding carboxylic acids is 2. The van der Waals surface area contributed by atoms with E-state index in [0.29, 0.717) is 26.1 Å². The lowest BCUT2D eigenvalue weighted by molar-refractivity contribution is -0.161. The van der Waals surface area contributed by atoms with Gasteiger partial charge in [0.15, 0.2) is 0 Å². The predicted molar refractivity (Wildman–Crippen MR) is 119 cm³/mol. The van der Waals surface area contributed by atoms with E-state index in [1.165, 1.54) is 51.4 Å². The first-order valence-electron chi connectivity index (χ1n) is 12.0. The zero-order chi connectivity index (χ0) is 21.3. The van der Waals surface area contributed by atoms with Gasteiger partial charge in [0, 0.05) is 0 Å². The fourth-order valence-electron chi connectivity index (χ4n) is 3.82. The SMILES string of the molecule is CCCOC(=O)C1CC=CCC1C(=O)OCCCCCCCCCCCC(C)C. The van der Waals surface area contributed by atoms with E-state index in [0.717, 1.165) is 25.2 Å². The van der Waals surface area contributed by atoms with E-state index in [2.05, 4.69) is 13.8 Å². The van der Waals surface area contributed by atoms with Crippen molar-refractivity contribution in [3.05, 3.63) is 12.2 Å². The number of esters is 2. The van der Waals surface area contributed by atoms with Crippen LogP contribution < -0.4 is 0 Å². The second-order valence-corrected chi connectivity index (χ2v) is 8.86. The molecule has 0 saturated carbocycles. The van der Waals surface area contributed by atoms with Crippen LogP contribution in [-0.2, 0) is 19.1 Å². The van der Waals surface area contributed by atoms with Gasteiger partial charge in [-0.25, -0.2) is 0 Å². The summed E-state index contributed by atoms with van der Waals surface area (Å²) in [7, 11) is 0. The molecule has 0 radical (unpaired) electrons. The van der Waals surface area contributed by atoms with Gasteiger partial charge in [0.25, 0.3) is 0 Å². The lowest BCUT2D eigenvalue weighted by Crippen LogP contribution is -2.34. The number of hydrogen-bond donors (Lipinski definition) is 0. The normalized spacial score (nSPS) is 18.8. The molecule has 1 aliphatic rings. The molecule has 2 atom stereocenters. The lowest BCUT2D eigenvalue weighted by Gasteiger charge is -2.25. The quantitative estimate of drug-likeness (QED) is 0.163. The molecule has 1 rings (SSSR count). The molecule has 168 valence electrons. The van der Waals surface area contributed by atoms with Gasteiger partial charge in [-0.15, -0.1) is 0 Å². The van der Waals surface area contributed by atoms with E-state index in [1.54, 1.807) is 0 Å². The minimum absolute atomic E-state index is 0.241. The second-order valence-electron chi connectivity index (χ2n) is 8.86. The first-order valence-corrected chi connectivity index (χ1v) is 12.0. The Balaban J connectivity index is 2.06. The molecule has 4 heteroatoms. The molecule has 0 N–H and O–H groups in total. The fourth-order valence-corrected chi connectivity index (χ4v) is 3.82. The Labute approximate surface area is 178 Å². The Morgan fingerprint density at radius 3 is 1.69 bits per heavy atom. The predicted octanol–water partition coefficient (Wildman–Crippen LogP) is 6.62. The highest BCUT2D eigenvalue weighted by atomic mass is 16.5. The molecule has 2 unspecified atom stereocenters. The Morgan fingerprint density at radius 2 is 1.21 bits per heavy atom. The van der Waals surface area contributed by atoms with E-state index >= 15 is 0 Å². The summed E-state index contributed by atoms with van der Waals surface area (Å²) in [6.07, 6.45) is 18.5. The third-order valence-electron chi connectivity index (χ3n) is 5.66. The minimum Gasteiger partial charge on any atom is -0.465 e. The molecular formula is C25H44O4. The van der Waals surface area contributed by atoms with Gasteiger partial charge >= 0.3 is 11.9 Å². The molecule has 0 fully saturated rings. The van der Waals surface area contributed by atoms with Gasteiger partial charge in [0.1, 0.15) is 0 Å². The molecule has 4 nitrogen and oxygen atoms in total. The summed E-state index contributed by atoms with van der Waals surface area (Å²) in [5, 5.41) is 0. The first kappa shape index (κ1) is 25.7. The van der Waals surface area contributed by atoms with Gasteiger partial charge < -0.3 is 9.47 Å². The maximum Gasteiger partial charge on any atom is 0.310 e. The van der Waals surface area contributed by atoms with Crippen LogP contribution in [0.15, 0.2) is 12.2 Å². The molecule has 0 aromatic heterocycles. The Kier molecular flexibility index (Phi) is 14.6. The van der Waals surface area contributed by atoms with Crippen LogP contribution in [0.2, 0.25) is 0 Å². The second kappa shape index (κ2) is 16.5. The molecule has 0 spiro atoms. The molecule has 0 heterocycles. The zero-order valence-electron chi connectivity index (χ0n) is 19.1. The van der Waals surface area contributed by atoms with E-state index in [9.17, 15) is 9.59 Å². The highest BCUT2D eigenvalue weighted by molar-refractivity contribution is 5.82. The summed E-state index contributed by atoms with van der Waals surface area (Å²) in [4.78, 5) is 24.6. The van der Waals surface area contributed by atoms with Crippen molar-refractivity contribution in [3.63, 3.8) is 0 Å². The highest BCUT2D eigenvalue weighted by Crippen LogP contribution is 2.28. The van der Waals surface area contributed by atoms with E-state index in [4.69, 9.17) is 9.47 Å². The molecular weight excluding hydrogens is 364 g/mol. The van der Waals surface area contributed by atoms with Crippen molar-refractivity contribution >= 4 is 11.9 Å². The summed E-state index contributed by atoms with van der Waals surface area (Å²) < 4.78 is 10.7. The van der Waals surface area contributed by atoms with E-state index in [1.807, 2.05) is 19.1 Å². The van der Waals surface area contributed by atoms with Crippen LogP contribution in [0, 0.1) is 17.8 Å². The molecule has 0 bridgehead atoms. The molecule has 0 aromatic rings. The topological polar surface area (TPSA) is 52.6 Å². The molecule has 0 aromatic carbocycles. The van der Waals surface area contributed by atoms with E-state index < -0.39 is 0 Å². The van der Waals surface area contributed by atoms with Crippen LogP contribution in [0.5, 0.6) is 0 Å². The molecule has 0 aliphatic heterocycles. The largest absolute Gasteiger partial charge is 0.465 e. The summed E-state index contributed by atoms with van der Waals surface area (Å²) >= 11 is 0. The van der Waals surface area contributed by atoms with E-state index in [-0.39, 0.29) is 23.8 Å². The fraction of sp³-hybridized carbons (Fsp3) is 0.840. The van der Waals surface area contributed by atoms with Crippen LogP contribution in [0.3, 0.4) is 0 Å². The lowest BCUT2D eigenvalue weighted by atomic mass is 9.83. The van der Waals surface area contributed by atoms with Crippen LogP contribution in [0.4, 0.5) is 0 Å². The van der Waals surface area contributed by atoms with Crippen LogP contribution in [-0.4, -0.2) is 25.2 Å². The van der Waals surface area contributed by atoms with Gasteiger partial charge in [0.05, 0.1) is 25.0 Å². The molecule has 0 amide bonds. The first-order chi connectivity index (χ1) is 14.1. The van der Waals surface area contributed by atoms with Crippen molar-refractivity contribution in [2.24, 2.45) is 17.8 Å². The van der Waals surface area contributed by atoms with Gasteiger partial charge in [-0.05, 0) is 31.6 Å². The smallest absolute Gasteiger partial charge is 0.310 e. The molecule has 29 heavy (non-hydrogen) atoms. The van der Waals surface area contributed by atoms with Crippen molar-refractivity contribution in [1.29, 1.82) is 0 Å². The third-order valence-corrected chi connectivity index (χ3v) is 5.66. The Hall–Kier alpha value is -1.32. The van der Waals surface area contributed by atoms with Crippen LogP contribution in [0.25, 0.3) is 0 Å². The maximum atomic E-state index is 12.4. The van der Waals surface area contributed by atoms with Crippen molar-refractivity contribution < 1.29 is 19.1 Å². The zero-order valence-corrected chi connectivity index (χ0v) is 19.1. The number of allylic oxidation sites excluding steroid dienone is 2. The number of hydrogen-bond acceptors (Lipinski definition) is 4.